The lowest BCUT2D eigenvalue weighted by Gasteiger charge is -2.36. The average molecular weight is 294 g/mol. The lowest BCUT2D eigenvalue weighted by atomic mass is 10.0. The molecule has 1 atom stereocenters. The molecule has 0 saturated carbocycles. The summed E-state index contributed by atoms with van der Waals surface area (Å²) in [7, 11) is 0. The molecule has 4 nitrogen and oxygen atoms in total. The number of carbonyl (C=O) groups is 1. The topological polar surface area (TPSA) is 41.6 Å². The van der Waals surface area contributed by atoms with Gasteiger partial charge in [0.05, 0.1) is 25.2 Å². The minimum absolute atomic E-state index is 0.0615. The number of rotatable bonds is 5. The maximum Gasteiger partial charge on any atom is 0.225 e. The Kier molecular flexibility index (Phi) is 5.70. The van der Waals surface area contributed by atoms with Crippen LogP contribution >= 0.6 is 0 Å². The van der Waals surface area contributed by atoms with Crippen molar-refractivity contribution in [2.45, 2.75) is 32.4 Å². The second-order valence-electron chi connectivity index (χ2n) is 5.53. The van der Waals surface area contributed by atoms with Crippen LogP contribution < -0.4 is 5.32 Å². The molecular weight excluding hydrogens is 271 g/mol. The van der Waals surface area contributed by atoms with E-state index in [-0.39, 0.29) is 23.9 Å². The van der Waals surface area contributed by atoms with Crippen LogP contribution in [0.2, 0.25) is 0 Å². The summed E-state index contributed by atoms with van der Waals surface area (Å²) in [6.45, 7) is 6.39. The highest BCUT2D eigenvalue weighted by molar-refractivity contribution is 5.77. The number of nitrogens with one attached hydrogen (secondary N) is 1. The molecule has 1 saturated heterocycles. The van der Waals surface area contributed by atoms with E-state index in [1.54, 1.807) is 6.07 Å². The molecule has 1 heterocycles. The molecule has 1 unspecified atom stereocenters. The number of ether oxygens (including phenoxy) is 1. The van der Waals surface area contributed by atoms with Crippen LogP contribution in [0.15, 0.2) is 24.3 Å². The Morgan fingerprint density at radius 2 is 2.33 bits per heavy atom. The van der Waals surface area contributed by atoms with Gasteiger partial charge in [-0.2, -0.15) is 0 Å². The van der Waals surface area contributed by atoms with Crippen LogP contribution in [-0.2, 0) is 9.53 Å². The number of benzene rings is 1. The SMILES string of the molecule is CC(C)OCCC(=O)N1CCNCC1c1cccc(F)c1. The Hall–Kier alpha value is -1.46. The van der Waals surface area contributed by atoms with Crippen LogP contribution in [0.3, 0.4) is 0 Å². The summed E-state index contributed by atoms with van der Waals surface area (Å²) >= 11 is 0. The van der Waals surface area contributed by atoms with Crippen LogP contribution in [0.1, 0.15) is 31.9 Å². The Balaban J connectivity index is 2.03. The third kappa shape index (κ3) is 4.51. The van der Waals surface area contributed by atoms with Gasteiger partial charge < -0.3 is 15.0 Å². The summed E-state index contributed by atoms with van der Waals surface area (Å²) in [5.74, 6) is -0.208. The smallest absolute Gasteiger partial charge is 0.225 e. The minimum atomic E-state index is -0.270. The molecule has 21 heavy (non-hydrogen) atoms. The van der Waals surface area contributed by atoms with Crippen molar-refractivity contribution >= 4 is 5.91 Å². The number of hydrogen-bond acceptors (Lipinski definition) is 3. The molecule has 1 fully saturated rings. The van der Waals surface area contributed by atoms with Crippen LogP contribution in [0, 0.1) is 5.82 Å². The molecule has 0 spiro atoms. The molecule has 5 heteroatoms. The van der Waals surface area contributed by atoms with Crippen molar-refractivity contribution in [2.24, 2.45) is 0 Å². The molecule has 1 aliphatic heterocycles. The third-order valence-corrected chi connectivity index (χ3v) is 3.56. The van der Waals surface area contributed by atoms with Crippen molar-refractivity contribution in [3.63, 3.8) is 0 Å². The molecule has 116 valence electrons. The van der Waals surface area contributed by atoms with Gasteiger partial charge in [-0.1, -0.05) is 12.1 Å². The van der Waals surface area contributed by atoms with Gasteiger partial charge in [0.15, 0.2) is 0 Å². The van der Waals surface area contributed by atoms with Gasteiger partial charge in [-0.05, 0) is 31.5 Å². The van der Waals surface area contributed by atoms with Gasteiger partial charge in [0.25, 0.3) is 0 Å². The van der Waals surface area contributed by atoms with Crippen LogP contribution in [0.4, 0.5) is 4.39 Å². The van der Waals surface area contributed by atoms with E-state index in [1.807, 2.05) is 24.8 Å². The van der Waals surface area contributed by atoms with Crippen molar-refractivity contribution in [2.75, 3.05) is 26.2 Å². The molecule has 0 aromatic heterocycles. The quantitative estimate of drug-likeness (QED) is 0.904. The van der Waals surface area contributed by atoms with Gasteiger partial charge in [0, 0.05) is 19.6 Å². The zero-order chi connectivity index (χ0) is 15.2. The van der Waals surface area contributed by atoms with Gasteiger partial charge in [-0.3, -0.25) is 4.79 Å². The third-order valence-electron chi connectivity index (χ3n) is 3.56. The van der Waals surface area contributed by atoms with Gasteiger partial charge in [-0.25, -0.2) is 4.39 Å². The molecular formula is C16H23FN2O2. The monoisotopic (exact) mass is 294 g/mol. The predicted octanol–water partition coefficient (Wildman–Crippen LogP) is 2.11. The normalized spacial score (nSPS) is 19.0. The largest absolute Gasteiger partial charge is 0.378 e. The van der Waals surface area contributed by atoms with Gasteiger partial charge in [-0.15, -0.1) is 0 Å². The minimum Gasteiger partial charge on any atom is -0.378 e. The Bertz CT molecular complexity index is 479. The molecule has 0 aliphatic carbocycles. The fourth-order valence-corrected chi connectivity index (χ4v) is 2.54. The number of nitrogens with zero attached hydrogens (tertiary/aromatic N) is 1. The molecule has 1 aromatic rings. The zero-order valence-electron chi connectivity index (χ0n) is 12.6. The Labute approximate surface area is 125 Å². The summed E-state index contributed by atoms with van der Waals surface area (Å²) in [6, 6.07) is 6.36. The molecule has 1 amide bonds. The fourth-order valence-electron chi connectivity index (χ4n) is 2.54. The van der Waals surface area contributed by atoms with E-state index < -0.39 is 0 Å². The maximum atomic E-state index is 13.4. The second kappa shape index (κ2) is 7.52. The van der Waals surface area contributed by atoms with Gasteiger partial charge >= 0.3 is 0 Å². The second-order valence-corrected chi connectivity index (χ2v) is 5.53. The molecule has 0 bridgehead atoms. The number of amides is 1. The number of carbonyl (C=O) groups excluding carboxylic acids is 1. The van der Waals surface area contributed by atoms with E-state index in [1.165, 1.54) is 12.1 Å². The average Bonchev–Trinajstić information content (AvgIpc) is 2.47. The van der Waals surface area contributed by atoms with E-state index in [9.17, 15) is 9.18 Å². The number of halogens is 1. The summed E-state index contributed by atoms with van der Waals surface area (Å²) in [5, 5.41) is 3.26. The number of hydrogen-bond donors (Lipinski definition) is 1. The molecule has 1 aromatic carbocycles. The first kappa shape index (κ1) is 15.9. The first-order valence-corrected chi connectivity index (χ1v) is 7.45. The van der Waals surface area contributed by atoms with Gasteiger partial charge in [0.1, 0.15) is 5.82 Å². The van der Waals surface area contributed by atoms with E-state index in [0.717, 1.165) is 12.1 Å². The lowest BCUT2D eigenvalue weighted by Crippen LogP contribution is -2.48. The lowest BCUT2D eigenvalue weighted by molar-refractivity contribution is -0.136. The molecule has 0 radical (unpaired) electrons. The maximum absolute atomic E-state index is 13.4. The standard InChI is InChI=1S/C16H23FN2O2/c1-12(2)21-9-6-16(20)19-8-7-18-11-15(19)13-4-3-5-14(17)10-13/h3-5,10,12,15,18H,6-9,11H2,1-2H3. The molecule has 2 rings (SSSR count). The van der Waals surface area contributed by atoms with E-state index in [4.69, 9.17) is 4.74 Å². The Morgan fingerprint density at radius 3 is 3.05 bits per heavy atom. The van der Waals surface area contributed by atoms with Crippen LogP contribution in [-0.4, -0.2) is 43.2 Å². The zero-order valence-corrected chi connectivity index (χ0v) is 12.6. The van der Waals surface area contributed by atoms with Crippen molar-refractivity contribution in [1.82, 2.24) is 10.2 Å². The Morgan fingerprint density at radius 1 is 1.52 bits per heavy atom. The first-order chi connectivity index (χ1) is 10.1. The van der Waals surface area contributed by atoms with Crippen molar-refractivity contribution in [3.8, 4) is 0 Å². The predicted molar refractivity (Wildman–Crippen MR) is 79.4 cm³/mol. The van der Waals surface area contributed by atoms with Crippen molar-refractivity contribution in [1.29, 1.82) is 0 Å². The summed E-state index contributed by atoms with van der Waals surface area (Å²) < 4.78 is 18.8. The van der Waals surface area contributed by atoms with E-state index in [2.05, 4.69) is 5.32 Å². The summed E-state index contributed by atoms with van der Waals surface area (Å²) in [4.78, 5) is 14.2. The number of piperazine rings is 1. The summed E-state index contributed by atoms with van der Waals surface area (Å²) in [5.41, 5.74) is 0.834. The summed E-state index contributed by atoms with van der Waals surface area (Å²) in [6.07, 6.45) is 0.490. The van der Waals surface area contributed by atoms with E-state index in [0.29, 0.717) is 26.1 Å². The highest BCUT2D eigenvalue weighted by Crippen LogP contribution is 2.23. The van der Waals surface area contributed by atoms with Crippen molar-refractivity contribution in [3.05, 3.63) is 35.6 Å². The fraction of sp³-hybridized carbons (Fsp3) is 0.562. The first-order valence-electron chi connectivity index (χ1n) is 7.45. The van der Waals surface area contributed by atoms with E-state index >= 15 is 0 Å². The highest BCUT2D eigenvalue weighted by Gasteiger charge is 2.27. The molecule has 1 N–H and O–H groups in total. The van der Waals surface area contributed by atoms with Crippen molar-refractivity contribution < 1.29 is 13.9 Å². The van der Waals surface area contributed by atoms with Gasteiger partial charge in [0.2, 0.25) is 5.91 Å². The highest BCUT2D eigenvalue weighted by atomic mass is 19.1. The van der Waals surface area contributed by atoms with Crippen LogP contribution in [0.5, 0.6) is 0 Å². The molecule has 1 aliphatic rings. The van der Waals surface area contributed by atoms with Crippen LogP contribution in [0.25, 0.3) is 0 Å².